The van der Waals surface area contributed by atoms with Gasteiger partial charge in [0, 0.05) is 10.7 Å². The number of aromatic nitrogens is 1. The van der Waals surface area contributed by atoms with Gasteiger partial charge in [-0.2, -0.15) is 0 Å². The molecule has 8 heteroatoms. The number of carbonyl (C=O) groups excluding carboxylic acids is 1. The van der Waals surface area contributed by atoms with Crippen LogP contribution in [0.5, 0.6) is 5.75 Å². The van der Waals surface area contributed by atoms with Crippen molar-refractivity contribution in [2.45, 2.75) is 0 Å². The van der Waals surface area contributed by atoms with Gasteiger partial charge in [-0.15, -0.1) is 0 Å². The molecule has 29 heavy (non-hydrogen) atoms. The number of anilines is 1. The third kappa shape index (κ3) is 4.34. The fourth-order valence-electron chi connectivity index (χ4n) is 2.69. The topological polar surface area (TPSA) is 64.4 Å². The number of hydrogen-bond acceptors (Lipinski definition) is 4. The average molecular weight is 431 g/mol. The first kappa shape index (κ1) is 19.2. The van der Waals surface area contributed by atoms with Gasteiger partial charge in [0.05, 0.1) is 10.6 Å². The van der Waals surface area contributed by atoms with E-state index in [4.69, 9.17) is 32.4 Å². The summed E-state index contributed by atoms with van der Waals surface area (Å²) in [7, 11) is 0. The quantitative estimate of drug-likeness (QED) is 0.424. The first-order valence-electron chi connectivity index (χ1n) is 8.53. The van der Waals surface area contributed by atoms with Gasteiger partial charge in [-0.3, -0.25) is 4.79 Å². The Morgan fingerprint density at radius 1 is 1.10 bits per heavy atom. The van der Waals surface area contributed by atoms with Gasteiger partial charge in [0.25, 0.3) is 5.91 Å². The van der Waals surface area contributed by atoms with Gasteiger partial charge in [-0.1, -0.05) is 35.3 Å². The van der Waals surface area contributed by atoms with Gasteiger partial charge >= 0.3 is 0 Å². The molecule has 0 atom stereocenters. The number of nitrogens with zero attached hydrogens (tertiary/aromatic N) is 1. The molecule has 0 radical (unpaired) electrons. The zero-order valence-electron chi connectivity index (χ0n) is 14.8. The molecule has 0 aliphatic heterocycles. The van der Waals surface area contributed by atoms with E-state index in [1.807, 2.05) is 0 Å². The van der Waals surface area contributed by atoms with Crippen molar-refractivity contribution < 1.29 is 18.3 Å². The Morgan fingerprint density at radius 3 is 2.72 bits per heavy atom. The van der Waals surface area contributed by atoms with Crippen molar-refractivity contribution in [3.8, 4) is 17.2 Å². The number of amides is 1. The molecule has 0 spiro atoms. The fourth-order valence-corrected chi connectivity index (χ4v) is 3.15. The lowest BCUT2D eigenvalue weighted by Gasteiger charge is -2.09. The second-order valence-electron chi connectivity index (χ2n) is 6.09. The summed E-state index contributed by atoms with van der Waals surface area (Å²) >= 11 is 11.8. The molecular formula is C21H13Cl2FN2O3. The SMILES string of the molecule is O=C(COc1ccc(Cl)cc1Cl)Nc1ccc2oc(-c3ccccc3F)nc2c1. The molecule has 0 aliphatic carbocycles. The summed E-state index contributed by atoms with van der Waals surface area (Å²) < 4.78 is 25.0. The van der Waals surface area contributed by atoms with Crippen LogP contribution in [-0.2, 0) is 4.79 Å². The van der Waals surface area contributed by atoms with Crippen LogP contribution in [0.25, 0.3) is 22.6 Å². The maximum absolute atomic E-state index is 13.9. The van der Waals surface area contributed by atoms with E-state index < -0.39 is 5.82 Å². The maximum Gasteiger partial charge on any atom is 0.262 e. The monoisotopic (exact) mass is 430 g/mol. The van der Waals surface area contributed by atoms with Crippen LogP contribution in [0, 0.1) is 5.82 Å². The molecule has 0 saturated heterocycles. The Kier molecular flexibility index (Phi) is 5.38. The molecule has 0 bridgehead atoms. The Morgan fingerprint density at radius 2 is 1.93 bits per heavy atom. The minimum Gasteiger partial charge on any atom is -0.482 e. The first-order chi connectivity index (χ1) is 14.0. The van der Waals surface area contributed by atoms with Crippen LogP contribution in [-0.4, -0.2) is 17.5 Å². The number of fused-ring (bicyclic) bond motifs is 1. The molecule has 1 heterocycles. The van der Waals surface area contributed by atoms with Crippen molar-refractivity contribution in [1.29, 1.82) is 0 Å². The van der Waals surface area contributed by atoms with Crippen LogP contribution in [0.2, 0.25) is 10.0 Å². The average Bonchev–Trinajstić information content (AvgIpc) is 3.10. The number of carbonyl (C=O) groups is 1. The number of oxazole rings is 1. The van der Waals surface area contributed by atoms with Crippen LogP contribution in [0.4, 0.5) is 10.1 Å². The molecule has 4 rings (SSSR count). The molecule has 1 N–H and O–H groups in total. The summed E-state index contributed by atoms with van der Waals surface area (Å²) in [5.41, 5.74) is 1.73. The van der Waals surface area contributed by atoms with Gasteiger partial charge in [-0.05, 0) is 48.5 Å². The minimum absolute atomic E-state index is 0.169. The van der Waals surface area contributed by atoms with Crippen molar-refractivity contribution in [2.24, 2.45) is 0 Å². The lowest BCUT2D eigenvalue weighted by atomic mass is 10.2. The summed E-state index contributed by atoms with van der Waals surface area (Å²) in [6, 6.07) is 15.9. The van der Waals surface area contributed by atoms with Gasteiger partial charge in [-0.25, -0.2) is 9.37 Å². The van der Waals surface area contributed by atoms with Crippen molar-refractivity contribution in [1.82, 2.24) is 4.98 Å². The van der Waals surface area contributed by atoms with Gasteiger partial charge in [0.15, 0.2) is 12.2 Å². The summed E-state index contributed by atoms with van der Waals surface area (Å²) in [5.74, 6) is -0.284. The van der Waals surface area contributed by atoms with Crippen molar-refractivity contribution in [2.75, 3.05) is 11.9 Å². The molecule has 0 fully saturated rings. The van der Waals surface area contributed by atoms with E-state index in [2.05, 4.69) is 10.3 Å². The Hall–Kier alpha value is -3.09. The normalized spacial score (nSPS) is 10.9. The lowest BCUT2D eigenvalue weighted by Crippen LogP contribution is -2.20. The fraction of sp³-hybridized carbons (Fsp3) is 0.0476. The Bertz CT molecular complexity index is 1210. The molecule has 5 nitrogen and oxygen atoms in total. The highest BCUT2D eigenvalue weighted by Crippen LogP contribution is 2.29. The summed E-state index contributed by atoms with van der Waals surface area (Å²) in [4.78, 5) is 16.5. The molecule has 146 valence electrons. The highest BCUT2D eigenvalue weighted by molar-refractivity contribution is 6.35. The van der Waals surface area contributed by atoms with Gasteiger partial charge in [0.1, 0.15) is 17.1 Å². The first-order valence-corrected chi connectivity index (χ1v) is 9.28. The maximum atomic E-state index is 13.9. The van der Waals surface area contributed by atoms with E-state index in [0.717, 1.165) is 0 Å². The van der Waals surface area contributed by atoms with E-state index in [9.17, 15) is 9.18 Å². The predicted octanol–water partition coefficient (Wildman–Crippen LogP) is 5.96. The van der Waals surface area contributed by atoms with Crippen LogP contribution in [0.3, 0.4) is 0 Å². The van der Waals surface area contributed by atoms with Crippen LogP contribution in [0.15, 0.2) is 65.1 Å². The second kappa shape index (κ2) is 8.11. The van der Waals surface area contributed by atoms with Gasteiger partial charge in [0.2, 0.25) is 5.89 Å². The van der Waals surface area contributed by atoms with Crippen molar-refractivity contribution in [3.63, 3.8) is 0 Å². The minimum atomic E-state index is -0.425. The summed E-state index contributed by atoms with van der Waals surface area (Å²) in [5, 5.41) is 3.50. The molecule has 0 saturated carbocycles. The van der Waals surface area contributed by atoms with Crippen molar-refractivity contribution in [3.05, 3.63) is 76.5 Å². The van der Waals surface area contributed by atoms with Crippen LogP contribution < -0.4 is 10.1 Å². The number of hydrogen-bond donors (Lipinski definition) is 1. The molecule has 3 aromatic carbocycles. The van der Waals surface area contributed by atoms with Gasteiger partial charge < -0.3 is 14.5 Å². The molecule has 0 aliphatic rings. The zero-order chi connectivity index (χ0) is 20.4. The van der Waals surface area contributed by atoms with Crippen LogP contribution in [0.1, 0.15) is 0 Å². The van der Waals surface area contributed by atoms with E-state index >= 15 is 0 Å². The molecule has 1 amide bonds. The summed E-state index contributed by atoms with van der Waals surface area (Å²) in [6.45, 7) is -0.237. The molecule has 0 unspecified atom stereocenters. The Balaban J connectivity index is 1.46. The highest BCUT2D eigenvalue weighted by Gasteiger charge is 2.13. The largest absolute Gasteiger partial charge is 0.482 e. The number of nitrogens with one attached hydrogen (secondary N) is 1. The number of benzene rings is 3. The molecule has 4 aromatic rings. The van der Waals surface area contributed by atoms with Crippen molar-refractivity contribution >= 4 is 45.9 Å². The van der Waals surface area contributed by atoms with E-state index in [-0.39, 0.29) is 24.0 Å². The lowest BCUT2D eigenvalue weighted by molar-refractivity contribution is -0.118. The van der Waals surface area contributed by atoms with E-state index in [1.165, 1.54) is 12.1 Å². The number of ether oxygens (including phenoxy) is 1. The number of halogens is 3. The highest BCUT2D eigenvalue weighted by atomic mass is 35.5. The number of rotatable bonds is 5. The third-order valence-corrected chi connectivity index (χ3v) is 4.56. The third-order valence-electron chi connectivity index (χ3n) is 4.03. The second-order valence-corrected chi connectivity index (χ2v) is 6.94. The van der Waals surface area contributed by atoms with Crippen LogP contribution >= 0.6 is 23.2 Å². The van der Waals surface area contributed by atoms with E-state index in [1.54, 1.807) is 48.5 Å². The molecule has 1 aromatic heterocycles. The Labute approximate surface area is 175 Å². The predicted molar refractivity (Wildman–Crippen MR) is 110 cm³/mol. The molecular weight excluding hydrogens is 418 g/mol. The smallest absolute Gasteiger partial charge is 0.262 e. The zero-order valence-corrected chi connectivity index (χ0v) is 16.3. The standard InChI is InChI=1S/C21H13Cl2FN2O3/c22-12-5-7-18(15(23)9-12)28-11-20(27)25-13-6-8-19-17(10-13)26-21(29-19)14-3-1-2-4-16(14)24/h1-10H,11H2,(H,25,27). The summed E-state index contributed by atoms with van der Waals surface area (Å²) in [6.07, 6.45) is 0. The van der Waals surface area contributed by atoms with E-state index in [0.29, 0.717) is 32.6 Å².